The molecule has 0 saturated carbocycles. The summed E-state index contributed by atoms with van der Waals surface area (Å²) in [6, 6.07) is 0.438. The molecule has 0 spiro atoms. The van der Waals surface area contributed by atoms with E-state index >= 15 is 0 Å². The predicted octanol–water partition coefficient (Wildman–Crippen LogP) is -0.246. The minimum absolute atomic E-state index is 0.397. The van der Waals surface area contributed by atoms with Gasteiger partial charge >= 0.3 is 0 Å². The van der Waals surface area contributed by atoms with Gasteiger partial charge in [-0.1, -0.05) is 0 Å². The standard InChI is InChI=1S/C12H24N8/c1-18(2)8-9-6-5-7-20(9)12-15-10(17-13)14-11(16-12)19(3)4/h9H,5-8,13H2,1-4H3,(H,14,15,16,17). The van der Waals surface area contributed by atoms with Crippen molar-refractivity contribution in [3.05, 3.63) is 0 Å². The van der Waals surface area contributed by atoms with E-state index in [2.05, 4.69) is 44.3 Å². The van der Waals surface area contributed by atoms with Gasteiger partial charge in [-0.3, -0.25) is 5.43 Å². The molecule has 0 radical (unpaired) electrons. The monoisotopic (exact) mass is 280 g/mol. The van der Waals surface area contributed by atoms with Gasteiger partial charge in [-0.25, -0.2) is 5.84 Å². The van der Waals surface area contributed by atoms with Crippen molar-refractivity contribution in [1.29, 1.82) is 0 Å². The highest BCUT2D eigenvalue weighted by Crippen LogP contribution is 2.24. The number of rotatable bonds is 5. The van der Waals surface area contributed by atoms with Crippen molar-refractivity contribution >= 4 is 17.8 Å². The zero-order chi connectivity index (χ0) is 14.7. The fourth-order valence-electron chi connectivity index (χ4n) is 2.46. The van der Waals surface area contributed by atoms with Crippen molar-refractivity contribution in [2.75, 3.05) is 56.5 Å². The van der Waals surface area contributed by atoms with E-state index < -0.39 is 0 Å². The molecular weight excluding hydrogens is 256 g/mol. The molecule has 2 heterocycles. The van der Waals surface area contributed by atoms with Crippen LogP contribution in [0.3, 0.4) is 0 Å². The molecule has 112 valence electrons. The molecule has 1 aromatic heterocycles. The number of hydrogen-bond acceptors (Lipinski definition) is 8. The summed E-state index contributed by atoms with van der Waals surface area (Å²) in [6.07, 6.45) is 2.32. The highest BCUT2D eigenvalue weighted by Gasteiger charge is 2.28. The number of nitrogen functional groups attached to an aromatic ring is 1. The van der Waals surface area contributed by atoms with Crippen LogP contribution in [0.1, 0.15) is 12.8 Å². The zero-order valence-corrected chi connectivity index (χ0v) is 12.7. The van der Waals surface area contributed by atoms with Gasteiger partial charge in [-0.05, 0) is 26.9 Å². The number of aromatic nitrogens is 3. The van der Waals surface area contributed by atoms with Crippen molar-refractivity contribution in [2.24, 2.45) is 5.84 Å². The van der Waals surface area contributed by atoms with Crippen molar-refractivity contribution < 1.29 is 0 Å². The molecule has 0 aliphatic carbocycles. The van der Waals surface area contributed by atoms with E-state index in [-0.39, 0.29) is 0 Å². The second kappa shape index (κ2) is 6.19. The fraction of sp³-hybridized carbons (Fsp3) is 0.750. The lowest BCUT2D eigenvalue weighted by Crippen LogP contribution is -2.39. The number of likely N-dealkylation sites (N-methyl/N-ethyl adjacent to an activating group) is 1. The summed E-state index contributed by atoms with van der Waals surface area (Å²) in [4.78, 5) is 19.5. The molecule has 8 nitrogen and oxygen atoms in total. The molecule has 0 aromatic carbocycles. The summed E-state index contributed by atoms with van der Waals surface area (Å²) in [7, 11) is 7.98. The Morgan fingerprint density at radius 3 is 2.60 bits per heavy atom. The van der Waals surface area contributed by atoms with Crippen LogP contribution >= 0.6 is 0 Å². The molecule has 2 rings (SSSR count). The van der Waals surface area contributed by atoms with Crippen LogP contribution < -0.4 is 21.1 Å². The number of anilines is 3. The van der Waals surface area contributed by atoms with Gasteiger partial charge in [0.05, 0.1) is 0 Å². The lowest BCUT2D eigenvalue weighted by molar-refractivity contribution is 0.371. The second-order valence-electron chi connectivity index (χ2n) is 5.55. The number of hydrogen-bond donors (Lipinski definition) is 2. The summed E-state index contributed by atoms with van der Waals surface area (Å²) in [5, 5.41) is 0. The van der Waals surface area contributed by atoms with Crippen molar-refractivity contribution in [3.63, 3.8) is 0 Å². The van der Waals surface area contributed by atoms with Crippen LogP contribution in [0.2, 0.25) is 0 Å². The Morgan fingerprint density at radius 2 is 2.00 bits per heavy atom. The molecule has 1 aromatic rings. The average Bonchev–Trinajstić information content (AvgIpc) is 2.85. The Kier molecular flexibility index (Phi) is 4.56. The minimum atomic E-state index is 0.397. The third-order valence-corrected chi connectivity index (χ3v) is 3.35. The third-order valence-electron chi connectivity index (χ3n) is 3.35. The van der Waals surface area contributed by atoms with E-state index in [1.165, 1.54) is 0 Å². The molecule has 0 amide bonds. The molecule has 0 bridgehead atoms. The van der Waals surface area contributed by atoms with Crippen LogP contribution in [0, 0.1) is 0 Å². The van der Waals surface area contributed by atoms with Crippen LogP contribution in [0.25, 0.3) is 0 Å². The Morgan fingerprint density at radius 1 is 1.25 bits per heavy atom. The Bertz CT molecular complexity index is 447. The van der Waals surface area contributed by atoms with E-state index in [0.29, 0.717) is 23.9 Å². The highest BCUT2D eigenvalue weighted by molar-refractivity contribution is 5.45. The summed E-state index contributed by atoms with van der Waals surface area (Å²) < 4.78 is 0. The summed E-state index contributed by atoms with van der Waals surface area (Å²) >= 11 is 0. The molecule has 1 atom stereocenters. The summed E-state index contributed by atoms with van der Waals surface area (Å²) in [5.74, 6) is 7.16. The van der Waals surface area contributed by atoms with E-state index in [4.69, 9.17) is 5.84 Å². The van der Waals surface area contributed by atoms with Gasteiger partial charge in [0.2, 0.25) is 17.8 Å². The molecule has 1 aliphatic heterocycles. The van der Waals surface area contributed by atoms with Gasteiger partial charge in [0.15, 0.2) is 0 Å². The Labute approximate surface area is 120 Å². The van der Waals surface area contributed by atoms with Crippen LogP contribution in [0.5, 0.6) is 0 Å². The van der Waals surface area contributed by atoms with Gasteiger partial charge in [-0.2, -0.15) is 15.0 Å². The van der Waals surface area contributed by atoms with Gasteiger partial charge in [0.1, 0.15) is 0 Å². The van der Waals surface area contributed by atoms with Crippen molar-refractivity contribution in [3.8, 4) is 0 Å². The summed E-state index contributed by atoms with van der Waals surface area (Å²) in [5.41, 5.74) is 2.52. The van der Waals surface area contributed by atoms with E-state index in [1.54, 1.807) is 0 Å². The Balaban J connectivity index is 2.28. The van der Waals surface area contributed by atoms with E-state index in [9.17, 15) is 0 Å². The highest BCUT2D eigenvalue weighted by atomic mass is 15.4. The number of hydrazine groups is 1. The maximum absolute atomic E-state index is 5.45. The molecule has 8 heteroatoms. The lowest BCUT2D eigenvalue weighted by atomic mass is 10.2. The Hall–Kier alpha value is -1.67. The quantitative estimate of drug-likeness (QED) is 0.564. The lowest BCUT2D eigenvalue weighted by Gasteiger charge is -2.27. The van der Waals surface area contributed by atoms with E-state index in [0.717, 1.165) is 25.9 Å². The molecule has 1 unspecified atom stereocenters. The molecule has 3 N–H and O–H groups in total. The normalized spacial score (nSPS) is 18.7. The number of nitrogens with zero attached hydrogens (tertiary/aromatic N) is 6. The maximum atomic E-state index is 5.45. The van der Waals surface area contributed by atoms with Gasteiger partial charge < -0.3 is 14.7 Å². The SMILES string of the molecule is CN(C)CC1CCCN1c1nc(NN)nc(N(C)C)n1. The molecule has 1 fully saturated rings. The first-order chi connectivity index (χ1) is 9.51. The molecule has 1 aliphatic rings. The first-order valence-electron chi connectivity index (χ1n) is 6.82. The molecular formula is C12H24N8. The maximum Gasteiger partial charge on any atom is 0.243 e. The number of nitrogens with one attached hydrogen (secondary N) is 1. The first-order valence-corrected chi connectivity index (χ1v) is 6.82. The molecule has 20 heavy (non-hydrogen) atoms. The van der Waals surface area contributed by atoms with Crippen LogP contribution in [0.4, 0.5) is 17.8 Å². The molecule has 1 saturated heterocycles. The fourth-order valence-corrected chi connectivity index (χ4v) is 2.46. The van der Waals surface area contributed by atoms with Crippen LogP contribution in [-0.2, 0) is 0 Å². The number of nitrogens with two attached hydrogens (primary N) is 1. The minimum Gasteiger partial charge on any atom is -0.347 e. The second-order valence-corrected chi connectivity index (χ2v) is 5.55. The smallest absolute Gasteiger partial charge is 0.243 e. The van der Waals surface area contributed by atoms with Gasteiger partial charge in [0.25, 0.3) is 0 Å². The van der Waals surface area contributed by atoms with Gasteiger partial charge in [0, 0.05) is 33.2 Å². The van der Waals surface area contributed by atoms with Crippen molar-refractivity contribution in [1.82, 2.24) is 19.9 Å². The third kappa shape index (κ3) is 3.26. The average molecular weight is 280 g/mol. The first kappa shape index (κ1) is 14.7. The largest absolute Gasteiger partial charge is 0.347 e. The van der Waals surface area contributed by atoms with Crippen LogP contribution in [-0.4, -0.2) is 67.2 Å². The topological polar surface area (TPSA) is 86.4 Å². The predicted molar refractivity (Wildman–Crippen MR) is 80.9 cm³/mol. The summed E-state index contributed by atoms with van der Waals surface area (Å²) in [6.45, 7) is 1.97. The van der Waals surface area contributed by atoms with E-state index in [1.807, 2.05) is 19.0 Å². The van der Waals surface area contributed by atoms with Gasteiger partial charge in [-0.15, -0.1) is 0 Å². The van der Waals surface area contributed by atoms with Crippen molar-refractivity contribution in [2.45, 2.75) is 18.9 Å². The zero-order valence-electron chi connectivity index (χ0n) is 12.7. The van der Waals surface area contributed by atoms with Crippen LogP contribution in [0.15, 0.2) is 0 Å².